The van der Waals surface area contributed by atoms with Crippen molar-refractivity contribution < 1.29 is 27.8 Å². The molecule has 2 atom stereocenters. The SMILES string of the molecule is CCCC(Oc1ccc(-c2sc3c(c2C)c(=O)[nH]c(=O)n3C[C@@H](O)C(F)(F)F)cc1OC)C1=CCCC=C1. The Bertz CT molecular complexity index is 1500. The minimum absolute atomic E-state index is 0.0490. The van der Waals surface area contributed by atoms with Gasteiger partial charge in [0.05, 0.1) is 19.0 Å². The van der Waals surface area contributed by atoms with Gasteiger partial charge in [0.1, 0.15) is 10.9 Å². The van der Waals surface area contributed by atoms with E-state index in [0.29, 0.717) is 27.5 Å². The number of aliphatic hydroxyl groups is 1. The Morgan fingerprint density at radius 1 is 1.21 bits per heavy atom. The molecule has 3 aromatic rings. The molecule has 0 bridgehead atoms. The fourth-order valence-corrected chi connectivity index (χ4v) is 5.79. The Hall–Kier alpha value is -3.31. The maximum atomic E-state index is 13.0. The van der Waals surface area contributed by atoms with Gasteiger partial charge in [0.15, 0.2) is 17.6 Å². The molecule has 1 unspecified atom stereocenters. The van der Waals surface area contributed by atoms with Gasteiger partial charge in [-0.05, 0) is 61.1 Å². The lowest BCUT2D eigenvalue weighted by molar-refractivity contribution is -0.207. The van der Waals surface area contributed by atoms with Crippen LogP contribution in [-0.2, 0) is 6.54 Å². The first-order valence-corrected chi connectivity index (χ1v) is 13.1. The topological polar surface area (TPSA) is 93.6 Å². The molecule has 0 radical (unpaired) electrons. The predicted octanol–water partition coefficient (Wildman–Crippen LogP) is 5.48. The van der Waals surface area contributed by atoms with Crippen LogP contribution < -0.4 is 20.7 Å². The number of halogens is 3. The Morgan fingerprint density at radius 2 is 1.97 bits per heavy atom. The number of hydrogen-bond donors (Lipinski definition) is 2. The summed E-state index contributed by atoms with van der Waals surface area (Å²) in [4.78, 5) is 27.7. The Morgan fingerprint density at radius 3 is 2.61 bits per heavy atom. The van der Waals surface area contributed by atoms with Gasteiger partial charge in [-0.3, -0.25) is 14.3 Å². The second-order valence-corrected chi connectivity index (χ2v) is 10.1. The first-order chi connectivity index (χ1) is 18.0. The van der Waals surface area contributed by atoms with Gasteiger partial charge in [0.2, 0.25) is 0 Å². The number of nitrogens with zero attached hydrogens (tertiary/aromatic N) is 1. The third-order valence-electron chi connectivity index (χ3n) is 6.44. The van der Waals surface area contributed by atoms with Gasteiger partial charge in [-0.25, -0.2) is 4.79 Å². The summed E-state index contributed by atoms with van der Waals surface area (Å²) >= 11 is 1.00. The molecule has 4 rings (SSSR count). The number of aromatic nitrogens is 2. The van der Waals surface area contributed by atoms with E-state index in [9.17, 15) is 27.9 Å². The smallest absolute Gasteiger partial charge is 0.416 e. The highest BCUT2D eigenvalue weighted by Crippen LogP contribution is 2.41. The summed E-state index contributed by atoms with van der Waals surface area (Å²) < 4.78 is 51.7. The summed E-state index contributed by atoms with van der Waals surface area (Å²) in [6, 6.07) is 5.28. The molecule has 0 saturated heterocycles. The van der Waals surface area contributed by atoms with Crippen LogP contribution in [0.1, 0.15) is 38.2 Å². The number of alkyl halides is 3. The van der Waals surface area contributed by atoms with Crippen molar-refractivity contribution in [1.29, 1.82) is 0 Å². The number of aromatic amines is 1. The van der Waals surface area contributed by atoms with Gasteiger partial charge in [0.25, 0.3) is 5.56 Å². The molecule has 0 amide bonds. The van der Waals surface area contributed by atoms with Crippen molar-refractivity contribution >= 4 is 21.6 Å². The van der Waals surface area contributed by atoms with E-state index < -0.39 is 30.1 Å². The van der Waals surface area contributed by atoms with Crippen molar-refractivity contribution in [3.8, 4) is 21.9 Å². The zero-order valence-electron chi connectivity index (χ0n) is 21.2. The number of thiophene rings is 1. The van der Waals surface area contributed by atoms with Gasteiger partial charge in [0, 0.05) is 4.88 Å². The van der Waals surface area contributed by atoms with E-state index in [1.54, 1.807) is 25.1 Å². The lowest BCUT2D eigenvalue weighted by atomic mass is 9.99. The minimum Gasteiger partial charge on any atom is -0.493 e. The van der Waals surface area contributed by atoms with E-state index in [4.69, 9.17) is 9.47 Å². The van der Waals surface area contributed by atoms with Crippen LogP contribution in [0.2, 0.25) is 0 Å². The number of benzene rings is 1. The monoisotopic (exact) mass is 550 g/mol. The fraction of sp³-hybridized carbons (Fsp3) is 0.407. The van der Waals surface area contributed by atoms with Crippen molar-refractivity contribution in [2.45, 2.75) is 64.5 Å². The van der Waals surface area contributed by atoms with Crippen LogP contribution in [0.5, 0.6) is 11.5 Å². The summed E-state index contributed by atoms with van der Waals surface area (Å²) in [6.45, 7) is 2.71. The Balaban J connectivity index is 1.75. The van der Waals surface area contributed by atoms with E-state index in [0.717, 1.165) is 47.2 Å². The number of aryl methyl sites for hydroxylation is 1. The van der Waals surface area contributed by atoms with E-state index >= 15 is 0 Å². The lowest BCUT2D eigenvalue weighted by Crippen LogP contribution is -2.38. The van der Waals surface area contributed by atoms with Gasteiger partial charge in [-0.15, -0.1) is 11.3 Å². The van der Waals surface area contributed by atoms with E-state index in [2.05, 4.69) is 30.1 Å². The lowest BCUT2D eigenvalue weighted by Gasteiger charge is -2.23. The van der Waals surface area contributed by atoms with Crippen molar-refractivity contribution in [2.75, 3.05) is 7.11 Å². The number of H-pyrrole nitrogens is 1. The maximum Gasteiger partial charge on any atom is 0.416 e. The first kappa shape index (κ1) is 27.7. The van der Waals surface area contributed by atoms with Crippen molar-refractivity contribution in [2.24, 2.45) is 0 Å². The molecular formula is C27H29F3N2O5S. The number of rotatable bonds is 9. The van der Waals surface area contributed by atoms with Crippen LogP contribution in [0.15, 0.2) is 51.6 Å². The average Bonchev–Trinajstić information content (AvgIpc) is 3.23. The number of fused-ring (bicyclic) bond motifs is 1. The van der Waals surface area contributed by atoms with Crippen LogP contribution in [-0.4, -0.2) is 40.2 Å². The molecule has 1 aromatic carbocycles. The number of methoxy groups -OCH3 is 1. The van der Waals surface area contributed by atoms with Crippen LogP contribution >= 0.6 is 11.3 Å². The van der Waals surface area contributed by atoms with E-state index in [1.165, 1.54) is 7.11 Å². The zero-order valence-corrected chi connectivity index (χ0v) is 22.0. The molecule has 0 fully saturated rings. The van der Waals surface area contributed by atoms with Gasteiger partial charge in [-0.2, -0.15) is 13.2 Å². The summed E-state index contributed by atoms with van der Waals surface area (Å²) in [5.41, 5.74) is 0.534. The highest BCUT2D eigenvalue weighted by Gasteiger charge is 2.39. The molecule has 2 aromatic heterocycles. The summed E-state index contributed by atoms with van der Waals surface area (Å²) in [5.74, 6) is 0.996. The summed E-state index contributed by atoms with van der Waals surface area (Å²) in [6.07, 6.45) is 2.27. The normalized spacial score (nSPS) is 15.4. The third-order valence-corrected chi connectivity index (χ3v) is 7.80. The van der Waals surface area contributed by atoms with Crippen LogP contribution in [0.25, 0.3) is 20.7 Å². The number of nitrogens with one attached hydrogen (secondary N) is 1. The molecule has 7 nitrogen and oxygen atoms in total. The quantitative estimate of drug-likeness (QED) is 0.368. The molecule has 2 N–H and O–H groups in total. The van der Waals surface area contributed by atoms with Crippen LogP contribution in [0.3, 0.4) is 0 Å². The molecule has 38 heavy (non-hydrogen) atoms. The zero-order chi connectivity index (χ0) is 27.6. The molecule has 204 valence electrons. The standard InChI is InChI=1S/C27H29F3N2O5S/c1-4-8-18(16-9-6-5-7-10-16)37-19-12-11-17(13-20(19)36-3)23-15(2)22-24(34)31-26(35)32(25(22)38-23)14-21(33)27(28,29)30/h6,9-13,18,21,33H,4-5,7-8,14H2,1-3H3,(H,31,34,35)/t18?,21-/m1/s1. The molecule has 2 heterocycles. The first-order valence-electron chi connectivity index (χ1n) is 12.3. The fourth-order valence-electron chi connectivity index (χ4n) is 4.48. The van der Waals surface area contributed by atoms with Gasteiger partial charge >= 0.3 is 11.9 Å². The molecular weight excluding hydrogens is 521 g/mol. The van der Waals surface area contributed by atoms with Crippen molar-refractivity contribution in [3.05, 3.63) is 68.4 Å². The van der Waals surface area contributed by atoms with Crippen molar-refractivity contribution in [1.82, 2.24) is 9.55 Å². The number of aliphatic hydroxyl groups excluding tert-OH is 1. The van der Waals surface area contributed by atoms with Crippen LogP contribution in [0.4, 0.5) is 13.2 Å². The van der Waals surface area contributed by atoms with Gasteiger partial charge < -0.3 is 14.6 Å². The molecule has 0 saturated carbocycles. The van der Waals surface area contributed by atoms with E-state index in [-0.39, 0.29) is 16.3 Å². The Labute approximate surface area is 220 Å². The molecule has 0 spiro atoms. The average molecular weight is 551 g/mol. The summed E-state index contributed by atoms with van der Waals surface area (Å²) in [5, 5.41) is 9.67. The minimum atomic E-state index is -4.92. The van der Waals surface area contributed by atoms with E-state index in [1.807, 2.05) is 0 Å². The number of allylic oxidation sites excluding steroid dienone is 2. The second-order valence-electron chi connectivity index (χ2n) is 9.11. The van der Waals surface area contributed by atoms with Crippen LogP contribution in [0, 0.1) is 6.92 Å². The third kappa shape index (κ3) is 5.58. The number of hydrogen-bond acceptors (Lipinski definition) is 6. The molecule has 0 aliphatic heterocycles. The highest BCUT2D eigenvalue weighted by molar-refractivity contribution is 7.22. The largest absolute Gasteiger partial charge is 0.493 e. The highest BCUT2D eigenvalue weighted by atomic mass is 32.1. The van der Waals surface area contributed by atoms with Gasteiger partial charge in [-0.1, -0.05) is 31.6 Å². The molecule has 11 heteroatoms. The Kier molecular flexibility index (Phi) is 8.17. The molecule has 1 aliphatic rings. The van der Waals surface area contributed by atoms with Crippen molar-refractivity contribution in [3.63, 3.8) is 0 Å². The predicted molar refractivity (Wildman–Crippen MR) is 141 cm³/mol. The second kappa shape index (κ2) is 11.2. The maximum absolute atomic E-state index is 13.0. The number of ether oxygens (including phenoxy) is 2. The summed E-state index contributed by atoms with van der Waals surface area (Å²) in [7, 11) is 1.51. The molecule has 1 aliphatic carbocycles.